The average molecular weight is 595 g/mol. The molecule has 0 heterocycles. The van der Waals surface area contributed by atoms with Crippen molar-refractivity contribution in [3.63, 3.8) is 0 Å². The van der Waals surface area contributed by atoms with Crippen molar-refractivity contribution >= 4 is 34.3 Å². The fourth-order valence-corrected chi connectivity index (χ4v) is 2.90. The molecule has 1 aliphatic carbocycles. The summed E-state index contributed by atoms with van der Waals surface area (Å²) < 4.78 is 6.01. The van der Waals surface area contributed by atoms with Crippen LogP contribution >= 0.6 is 24.8 Å². The third kappa shape index (κ3) is 17.1. The number of halogens is 2. The molecule has 0 saturated carbocycles. The number of aryl methyl sites for hydroxylation is 1. The second-order valence-electron chi connectivity index (χ2n) is 7.59. The van der Waals surface area contributed by atoms with Crippen LogP contribution in [0.3, 0.4) is 0 Å². The molecule has 195 valence electrons. The first-order valence-electron chi connectivity index (χ1n) is 11.7. The van der Waals surface area contributed by atoms with Gasteiger partial charge in [-0.3, -0.25) is 6.08 Å². The smallest absolute Gasteiger partial charge is 0.492 e. The molecule has 0 N–H and O–H groups in total. The second kappa shape index (κ2) is 24.9. The maximum absolute atomic E-state index is 6.01. The Morgan fingerprint density at radius 2 is 1.37 bits per heavy atom. The number of hydrogen-bond donors (Lipinski definition) is 0. The Hall–Kier alpha value is -2.46. The summed E-state index contributed by atoms with van der Waals surface area (Å²) >= 11 is 0. The number of para-hydroxylation sites is 1. The summed E-state index contributed by atoms with van der Waals surface area (Å²) in [4.78, 5) is 0. The minimum Gasteiger partial charge on any atom is -0.492 e. The summed E-state index contributed by atoms with van der Waals surface area (Å²) in [5, 5.41) is 0. The second-order valence-corrected chi connectivity index (χ2v) is 8.59. The number of benzene rings is 4. The minimum atomic E-state index is 0. The standard InChI is InChI=1S/C20H17O.C6H5.C5H5.C2H6Si.2ClH.Ti/c1-16-12-13-20(21-19-10-6-3-7-11-19)18(14-16)15-17-8-4-2-5-9-17;1-2-4-6-5-3-1;1-2-4-5-3-1;1-3-2;;;/h2-15H,1H3;1-5H;1-3H,4H2;1-2H3;2*1H;/q3*-1;;;;+3. The van der Waals surface area contributed by atoms with Gasteiger partial charge in [0.15, 0.2) is 0 Å². The molecular weight excluding hydrogens is 559 g/mol. The van der Waals surface area contributed by atoms with Crippen molar-refractivity contribution in [1.29, 1.82) is 0 Å². The molecule has 0 unspecified atom stereocenters. The van der Waals surface area contributed by atoms with Gasteiger partial charge >= 0.3 is 21.7 Å². The van der Waals surface area contributed by atoms with Crippen LogP contribution in [0.15, 0.2) is 127 Å². The van der Waals surface area contributed by atoms with E-state index in [-0.39, 0.29) is 46.5 Å². The van der Waals surface area contributed by atoms with Gasteiger partial charge in [-0.05, 0) is 19.1 Å². The van der Waals surface area contributed by atoms with Gasteiger partial charge in [-0.1, -0.05) is 72.8 Å². The molecule has 5 rings (SSSR count). The molecule has 4 aromatic rings. The molecule has 0 spiro atoms. The van der Waals surface area contributed by atoms with Crippen molar-refractivity contribution in [2.75, 3.05) is 0 Å². The molecule has 0 atom stereocenters. The van der Waals surface area contributed by atoms with Gasteiger partial charge in [0.1, 0.15) is 5.75 Å². The van der Waals surface area contributed by atoms with Crippen molar-refractivity contribution in [3.05, 3.63) is 163 Å². The van der Waals surface area contributed by atoms with E-state index < -0.39 is 0 Å². The van der Waals surface area contributed by atoms with Crippen LogP contribution in [0.25, 0.3) is 0 Å². The van der Waals surface area contributed by atoms with Crippen molar-refractivity contribution < 1.29 is 26.5 Å². The third-order valence-corrected chi connectivity index (χ3v) is 4.45. The summed E-state index contributed by atoms with van der Waals surface area (Å²) in [5.74, 6) is 1.72. The third-order valence-electron chi connectivity index (χ3n) is 4.45. The van der Waals surface area contributed by atoms with E-state index in [1.165, 1.54) is 11.1 Å². The number of ether oxygens (including phenoxy) is 1. The Bertz CT molecular complexity index is 1080. The first-order chi connectivity index (χ1) is 17.2. The zero-order valence-corrected chi connectivity index (χ0v) is 26.3. The number of hydrogen-bond acceptors (Lipinski definition) is 1. The van der Waals surface area contributed by atoms with Gasteiger partial charge in [0.25, 0.3) is 0 Å². The van der Waals surface area contributed by atoms with Crippen LogP contribution in [0.1, 0.15) is 23.1 Å². The molecule has 5 heteroatoms. The van der Waals surface area contributed by atoms with Gasteiger partial charge in [0, 0.05) is 9.52 Å². The van der Waals surface area contributed by atoms with Gasteiger partial charge in [0.05, 0.1) is 5.75 Å². The minimum absolute atomic E-state index is 0. The number of rotatable bonds is 4. The molecule has 0 fully saturated rings. The van der Waals surface area contributed by atoms with E-state index in [2.05, 4.69) is 68.9 Å². The van der Waals surface area contributed by atoms with Crippen LogP contribution in [0.4, 0.5) is 0 Å². The summed E-state index contributed by atoms with van der Waals surface area (Å²) in [5.41, 5.74) is 3.48. The molecule has 4 aromatic carbocycles. The molecular formula is C33H35Cl2OSiTi. The Balaban J connectivity index is 0. The molecule has 0 aromatic heterocycles. The zero-order valence-electron chi connectivity index (χ0n) is 22.1. The van der Waals surface area contributed by atoms with Gasteiger partial charge in [-0.2, -0.15) is 42.5 Å². The Kier molecular flexibility index (Phi) is 24.7. The van der Waals surface area contributed by atoms with E-state index in [0.717, 1.165) is 33.0 Å². The average Bonchev–Trinajstić information content (AvgIpc) is 3.50. The van der Waals surface area contributed by atoms with E-state index in [9.17, 15) is 0 Å². The molecule has 1 aliphatic rings. The van der Waals surface area contributed by atoms with Gasteiger partial charge in [-0.25, -0.2) is 12.2 Å². The Morgan fingerprint density at radius 3 is 1.82 bits per heavy atom. The van der Waals surface area contributed by atoms with E-state index in [0.29, 0.717) is 0 Å². The fourth-order valence-electron chi connectivity index (χ4n) is 2.90. The number of allylic oxidation sites excluding steroid dienone is 4. The molecule has 0 amide bonds. The maximum atomic E-state index is 6.01. The molecule has 0 saturated heterocycles. The van der Waals surface area contributed by atoms with E-state index in [1.807, 2.05) is 97.1 Å². The van der Waals surface area contributed by atoms with E-state index in [4.69, 9.17) is 4.74 Å². The SMILES string of the molecule is C[Si]C.Cc1ccc(Oc2ccccc2)c([CH-]c2ccccc2)c1.Cl.Cl.[C-]1=CC=CC1.[Ti+3].[c-]1ccccc1. The van der Waals surface area contributed by atoms with E-state index in [1.54, 1.807) is 0 Å². The molecule has 1 nitrogen and oxygen atoms in total. The predicted molar refractivity (Wildman–Crippen MR) is 165 cm³/mol. The molecule has 0 aliphatic heterocycles. The van der Waals surface area contributed by atoms with Gasteiger partial charge in [-0.15, -0.1) is 61.4 Å². The van der Waals surface area contributed by atoms with Crippen molar-refractivity contribution in [1.82, 2.24) is 0 Å². The van der Waals surface area contributed by atoms with Crippen LogP contribution in [0.5, 0.6) is 11.5 Å². The maximum Gasteiger partial charge on any atom is 3.00 e. The topological polar surface area (TPSA) is 9.23 Å². The zero-order chi connectivity index (χ0) is 25.0. The fraction of sp³-hybridized carbons (Fsp3) is 0.121. The normalized spacial score (nSPS) is 9.66. The van der Waals surface area contributed by atoms with Crippen LogP contribution in [0, 0.1) is 25.5 Å². The Morgan fingerprint density at radius 1 is 0.789 bits per heavy atom. The van der Waals surface area contributed by atoms with Gasteiger partial charge in [0.2, 0.25) is 0 Å². The largest absolute Gasteiger partial charge is 3.00 e. The Labute approximate surface area is 260 Å². The molecule has 0 bridgehead atoms. The summed E-state index contributed by atoms with van der Waals surface area (Å²) in [6.45, 7) is 6.40. The quantitative estimate of drug-likeness (QED) is 0.169. The van der Waals surface area contributed by atoms with Crippen LogP contribution < -0.4 is 4.74 Å². The molecule has 38 heavy (non-hydrogen) atoms. The van der Waals surface area contributed by atoms with Crippen molar-refractivity contribution in [3.8, 4) is 11.5 Å². The summed E-state index contributed by atoms with van der Waals surface area (Å²) in [6, 6.07) is 38.9. The summed E-state index contributed by atoms with van der Waals surface area (Å²) in [7, 11) is 1.08. The van der Waals surface area contributed by atoms with Crippen molar-refractivity contribution in [2.24, 2.45) is 0 Å². The van der Waals surface area contributed by atoms with E-state index >= 15 is 0 Å². The van der Waals surface area contributed by atoms with Crippen LogP contribution in [-0.2, 0) is 21.7 Å². The van der Waals surface area contributed by atoms with Gasteiger partial charge < -0.3 is 4.74 Å². The summed E-state index contributed by atoms with van der Waals surface area (Å²) in [6.07, 6.45) is 12.1. The van der Waals surface area contributed by atoms with Crippen LogP contribution in [-0.4, -0.2) is 9.52 Å². The first kappa shape index (κ1) is 37.7. The van der Waals surface area contributed by atoms with Crippen LogP contribution in [0.2, 0.25) is 13.1 Å². The monoisotopic (exact) mass is 593 g/mol. The first-order valence-corrected chi connectivity index (χ1v) is 13.7. The predicted octanol–water partition coefficient (Wildman–Crippen LogP) is 9.81. The molecule has 3 radical (unpaired) electrons. The van der Waals surface area contributed by atoms with Crippen molar-refractivity contribution in [2.45, 2.75) is 26.4 Å².